The fourth-order valence-electron chi connectivity index (χ4n) is 3.74. The highest BCUT2D eigenvalue weighted by molar-refractivity contribution is 7.89. The molecule has 0 saturated carbocycles. The minimum atomic E-state index is -4.06. The van der Waals surface area contributed by atoms with Gasteiger partial charge in [0, 0.05) is 36.8 Å². The molecule has 1 saturated heterocycles. The smallest absolute Gasteiger partial charge is 0.347 e. The molecular weight excluding hydrogens is 446 g/mol. The lowest BCUT2D eigenvalue weighted by atomic mass is 9.94. The predicted molar refractivity (Wildman–Crippen MR) is 113 cm³/mol. The second-order valence-corrected chi connectivity index (χ2v) is 9.96. The third kappa shape index (κ3) is 4.18. The second kappa shape index (κ2) is 8.37. The van der Waals surface area contributed by atoms with Gasteiger partial charge in [-0.05, 0) is 29.1 Å². The maximum Gasteiger partial charge on any atom is 0.347 e. The molecule has 4 rings (SSSR count). The Balaban J connectivity index is 1.68. The number of sulfonamides is 1. The van der Waals surface area contributed by atoms with Crippen molar-refractivity contribution >= 4 is 33.0 Å². The summed E-state index contributed by atoms with van der Waals surface area (Å²) in [5.74, 6) is -3.56. The van der Waals surface area contributed by atoms with Gasteiger partial charge >= 0.3 is 5.97 Å². The molecule has 1 aliphatic rings. The molecule has 0 spiro atoms. The number of carbonyl (C=O) groups is 1. The summed E-state index contributed by atoms with van der Waals surface area (Å²) in [6, 6.07) is 13.5. The van der Waals surface area contributed by atoms with Crippen LogP contribution < -0.4 is 5.32 Å². The van der Waals surface area contributed by atoms with Crippen LogP contribution in [0.2, 0.25) is 0 Å². The first-order chi connectivity index (χ1) is 14.8. The molecule has 3 aromatic rings. The first-order valence-electron chi connectivity index (χ1n) is 9.35. The fourth-order valence-corrected chi connectivity index (χ4v) is 6.47. The number of hydrogen-bond acceptors (Lipinski definition) is 5. The van der Waals surface area contributed by atoms with Crippen LogP contribution in [0, 0.1) is 11.6 Å². The van der Waals surface area contributed by atoms with E-state index in [1.807, 2.05) is 30.3 Å². The van der Waals surface area contributed by atoms with Crippen molar-refractivity contribution in [3.05, 3.63) is 82.1 Å². The van der Waals surface area contributed by atoms with Crippen molar-refractivity contribution in [2.75, 3.05) is 18.4 Å². The number of halogens is 2. The molecule has 2 atom stereocenters. The summed E-state index contributed by atoms with van der Waals surface area (Å²) in [5, 5.41) is 13.9. The van der Waals surface area contributed by atoms with Crippen LogP contribution >= 0.6 is 11.3 Å². The van der Waals surface area contributed by atoms with Gasteiger partial charge < -0.3 is 10.4 Å². The number of carboxylic acids is 1. The summed E-state index contributed by atoms with van der Waals surface area (Å²) >= 11 is 0.849. The minimum Gasteiger partial charge on any atom is -0.477 e. The van der Waals surface area contributed by atoms with E-state index in [0.717, 1.165) is 29.0 Å². The highest BCUT2D eigenvalue weighted by atomic mass is 32.2. The van der Waals surface area contributed by atoms with E-state index < -0.39 is 33.7 Å². The highest BCUT2D eigenvalue weighted by Gasteiger charge is 2.41. The third-order valence-electron chi connectivity index (χ3n) is 5.23. The summed E-state index contributed by atoms with van der Waals surface area (Å²) in [5.41, 5.74) is 1.20. The van der Waals surface area contributed by atoms with Gasteiger partial charge in [0.25, 0.3) is 0 Å². The van der Waals surface area contributed by atoms with Crippen LogP contribution in [0.3, 0.4) is 0 Å². The first kappa shape index (κ1) is 21.4. The van der Waals surface area contributed by atoms with Gasteiger partial charge in [-0.1, -0.05) is 30.3 Å². The number of hydrogen-bond donors (Lipinski definition) is 2. The lowest BCUT2D eigenvalue weighted by molar-refractivity contribution is 0.0698. The van der Waals surface area contributed by atoms with Gasteiger partial charge in [-0.3, -0.25) is 0 Å². The summed E-state index contributed by atoms with van der Waals surface area (Å²) in [7, 11) is -4.06. The Bertz CT molecular complexity index is 1220. The number of benzene rings is 2. The number of nitrogens with zero attached hydrogens (tertiary/aromatic N) is 1. The summed E-state index contributed by atoms with van der Waals surface area (Å²) < 4.78 is 54.7. The van der Waals surface area contributed by atoms with E-state index in [1.165, 1.54) is 21.8 Å². The van der Waals surface area contributed by atoms with Crippen molar-refractivity contribution in [1.29, 1.82) is 0 Å². The van der Waals surface area contributed by atoms with E-state index in [4.69, 9.17) is 0 Å². The van der Waals surface area contributed by atoms with E-state index in [2.05, 4.69) is 5.32 Å². The third-order valence-corrected chi connectivity index (χ3v) is 8.13. The standard InChI is InChI=1S/C21H18F2N2O4S2/c22-16-7-6-14(10-17(16)23)24-18-12-25(11-15(18)13-4-2-1-3-5-13)31(28,29)19-8-9-30-20(19)21(26)27/h1-10,15,18,24H,11-12H2,(H,26,27). The van der Waals surface area contributed by atoms with E-state index in [-0.39, 0.29) is 28.8 Å². The average Bonchev–Trinajstić information content (AvgIpc) is 3.40. The number of aromatic carboxylic acids is 1. The molecule has 2 aromatic carbocycles. The van der Waals surface area contributed by atoms with Crippen molar-refractivity contribution in [2.45, 2.75) is 16.9 Å². The van der Waals surface area contributed by atoms with Crippen LogP contribution in [0.4, 0.5) is 14.5 Å². The van der Waals surface area contributed by atoms with Crippen LogP contribution in [-0.4, -0.2) is 42.9 Å². The maximum atomic E-state index is 13.7. The molecule has 2 N–H and O–H groups in total. The van der Waals surface area contributed by atoms with Gasteiger partial charge in [0.2, 0.25) is 10.0 Å². The second-order valence-electron chi connectivity index (χ2n) is 7.14. The fraction of sp³-hybridized carbons (Fsp3) is 0.190. The number of anilines is 1. The van der Waals surface area contributed by atoms with Crippen molar-refractivity contribution in [3.63, 3.8) is 0 Å². The molecule has 1 aromatic heterocycles. The van der Waals surface area contributed by atoms with Gasteiger partial charge in [0.15, 0.2) is 11.6 Å². The van der Waals surface area contributed by atoms with Crippen LogP contribution in [0.25, 0.3) is 0 Å². The predicted octanol–water partition coefficient (Wildman–Crippen LogP) is 3.99. The molecule has 162 valence electrons. The molecule has 0 bridgehead atoms. The molecule has 31 heavy (non-hydrogen) atoms. The Hall–Kier alpha value is -2.82. The quantitative estimate of drug-likeness (QED) is 0.576. The summed E-state index contributed by atoms with van der Waals surface area (Å²) in [4.78, 5) is 11.0. The van der Waals surface area contributed by atoms with Gasteiger partial charge in [-0.25, -0.2) is 22.0 Å². The zero-order chi connectivity index (χ0) is 22.2. The number of thiophene rings is 1. The topological polar surface area (TPSA) is 86.7 Å². The molecular formula is C21H18F2N2O4S2. The van der Waals surface area contributed by atoms with Gasteiger partial charge in [-0.15, -0.1) is 11.3 Å². The Morgan fingerprint density at radius 1 is 1.06 bits per heavy atom. The maximum absolute atomic E-state index is 13.7. The number of rotatable bonds is 6. The monoisotopic (exact) mass is 464 g/mol. The highest BCUT2D eigenvalue weighted by Crippen LogP contribution is 2.35. The Morgan fingerprint density at radius 3 is 2.48 bits per heavy atom. The molecule has 0 radical (unpaired) electrons. The number of carboxylic acid groups (broad SMARTS) is 1. The minimum absolute atomic E-state index is 0.0375. The Labute approximate surface area is 181 Å². The van der Waals surface area contributed by atoms with Crippen LogP contribution in [0.1, 0.15) is 21.2 Å². The van der Waals surface area contributed by atoms with Gasteiger partial charge in [0.1, 0.15) is 9.77 Å². The van der Waals surface area contributed by atoms with Crippen molar-refractivity contribution in [2.24, 2.45) is 0 Å². The largest absolute Gasteiger partial charge is 0.477 e. The SMILES string of the molecule is O=C(O)c1sccc1S(=O)(=O)N1CC(Nc2ccc(F)c(F)c2)C(c2ccccc2)C1. The zero-order valence-electron chi connectivity index (χ0n) is 16.0. The normalized spacial score (nSPS) is 19.4. The summed E-state index contributed by atoms with van der Waals surface area (Å²) in [6.07, 6.45) is 0. The lowest BCUT2D eigenvalue weighted by Crippen LogP contribution is -2.32. The first-order valence-corrected chi connectivity index (χ1v) is 11.7. The van der Waals surface area contributed by atoms with Crippen LogP contribution in [0.15, 0.2) is 64.9 Å². The molecule has 1 fully saturated rings. The van der Waals surface area contributed by atoms with Crippen LogP contribution in [0.5, 0.6) is 0 Å². The van der Waals surface area contributed by atoms with E-state index in [9.17, 15) is 27.1 Å². The zero-order valence-corrected chi connectivity index (χ0v) is 17.7. The van der Waals surface area contributed by atoms with Crippen molar-refractivity contribution in [3.8, 4) is 0 Å². The summed E-state index contributed by atoms with van der Waals surface area (Å²) in [6.45, 7) is 0.151. The molecule has 10 heteroatoms. The lowest BCUT2D eigenvalue weighted by Gasteiger charge is -2.21. The van der Waals surface area contributed by atoms with E-state index >= 15 is 0 Å². The van der Waals surface area contributed by atoms with E-state index in [0.29, 0.717) is 5.69 Å². The van der Waals surface area contributed by atoms with Gasteiger partial charge in [-0.2, -0.15) is 4.31 Å². The molecule has 6 nitrogen and oxygen atoms in total. The van der Waals surface area contributed by atoms with Gasteiger partial charge in [0.05, 0.1) is 0 Å². The Morgan fingerprint density at radius 2 is 1.81 bits per heavy atom. The molecule has 0 amide bonds. The Kier molecular flexibility index (Phi) is 5.78. The molecule has 2 unspecified atom stereocenters. The molecule has 0 aliphatic carbocycles. The molecule has 2 heterocycles. The van der Waals surface area contributed by atoms with Crippen LogP contribution in [-0.2, 0) is 10.0 Å². The van der Waals surface area contributed by atoms with Crippen molar-refractivity contribution < 1.29 is 27.1 Å². The molecule has 1 aliphatic heterocycles. The number of nitrogens with one attached hydrogen (secondary N) is 1. The van der Waals surface area contributed by atoms with Crippen molar-refractivity contribution in [1.82, 2.24) is 4.31 Å². The van der Waals surface area contributed by atoms with E-state index in [1.54, 1.807) is 0 Å². The average molecular weight is 465 g/mol.